The first-order valence-electron chi connectivity index (χ1n) is 15.3. The molecule has 0 spiro atoms. The molecule has 0 bridgehead atoms. The fraction of sp³-hybridized carbons (Fsp3) is 0.361. The van der Waals surface area contributed by atoms with Gasteiger partial charge in [-0.15, -0.1) is 0 Å². The number of amides is 1. The number of nitrogens with one attached hydrogen (secondary N) is 1. The molecule has 0 radical (unpaired) electrons. The summed E-state index contributed by atoms with van der Waals surface area (Å²) < 4.78 is 14.2. The Kier molecular flexibility index (Phi) is 12.6. The topological polar surface area (TPSA) is 106 Å². The number of aryl methyl sites for hydroxylation is 1. The Morgan fingerprint density at radius 1 is 0.891 bits per heavy atom. The summed E-state index contributed by atoms with van der Waals surface area (Å²) in [7, 11) is -1.12. The van der Waals surface area contributed by atoms with E-state index in [1.54, 1.807) is 13.2 Å². The summed E-state index contributed by atoms with van der Waals surface area (Å²) in [5, 5.41) is 16.7. The van der Waals surface area contributed by atoms with Crippen LogP contribution in [0.25, 0.3) is 11.3 Å². The molecule has 3 aromatic carbocycles. The third-order valence-corrected chi connectivity index (χ3v) is 12.8. The molecule has 238 valence electrons. The molecule has 0 saturated carbocycles. The van der Waals surface area contributed by atoms with E-state index in [0.29, 0.717) is 25.1 Å². The Balaban J connectivity index is 0.00000576. The summed E-state index contributed by atoms with van der Waals surface area (Å²) in [6.45, 7) is 12.7. The van der Waals surface area contributed by atoms with Gasteiger partial charge in [0, 0.05) is 31.5 Å². The van der Waals surface area contributed by atoms with Crippen LogP contribution in [-0.2, 0) is 22.6 Å². The molecule has 4 aromatic rings. The van der Waals surface area contributed by atoms with Gasteiger partial charge in [0.25, 0.3) is 8.32 Å². The molecule has 8 nitrogen and oxygen atoms in total. The van der Waals surface area contributed by atoms with E-state index in [1.807, 2.05) is 57.2 Å². The fourth-order valence-corrected chi connectivity index (χ4v) is 10.3. The number of rotatable bonds is 11. The van der Waals surface area contributed by atoms with Crippen molar-refractivity contribution < 1.29 is 53.4 Å². The summed E-state index contributed by atoms with van der Waals surface area (Å²) in [5.41, 5.74) is 1.70. The SMILES string of the molecule is Cn1cc(-c2ccc(C[C@@H](CCO[Si](c3ccccc3)(c3ccccc3)C(C)(C)C)NC(=O)OC(C)(C)C)cc2)nc1C(=O)[O-].[Na+]. The van der Waals surface area contributed by atoms with Crippen LogP contribution < -0.4 is 50.4 Å². The molecule has 1 N–H and O–H groups in total. The molecule has 1 aromatic heterocycles. The number of nitrogens with zero attached hydrogens (tertiary/aromatic N) is 2. The molecule has 0 aliphatic rings. The third-order valence-electron chi connectivity index (χ3n) is 7.71. The van der Waals surface area contributed by atoms with Gasteiger partial charge in [0.15, 0.2) is 5.82 Å². The minimum absolute atomic E-state index is 0. The number of carbonyl (C=O) groups is 2. The van der Waals surface area contributed by atoms with E-state index in [-0.39, 0.29) is 46.5 Å². The maximum Gasteiger partial charge on any atom is 1.00 e. The largest absolute Gasteiger partial charge is 1.00 e. The van der Waals surface area contributed by atoms with Gasteiger partial charge in [-0.05, 0) is 54.6 Å². The average molecular weight is 650 g/mol. The minimum atomic E-state index is -2.74. The normalized spacial score (nSPS) is 12.6. The third kappa shape index (κ3) is 9.20. The molecule has 0 aliphatic heterocycles. The van der Waals surface area contributed by atoms with Gasteiger partial charge < -0.3 is 28.9 Å². The van der Waals surface area contributed by atoms with E-state index in [1.165, 1.54) is 14.9 Å². The number of carboxylic acid groups (broad SMARTS) is 1. The van der Waals surface area contributed by atoms with Gasteiger partial charge in [0.2, 0.25) is 0 Å². The molecule has 0 aliphatic carbocycles. The number of ether oxygens (including phenoxy) is 1. The zero-order valence-electron chi connectivity index (χ0n) is 28.3. The summed E-state index contributed by atoms with van der Waals surface area (Å²) >= 11 is 0. The Bertz CT molecular complexity index is 1540. The minimum Gasteiger partial charge on any atom is -0.542 e. The average Bonchev–Trinajstić information content (AvgIpc) is 3.37. The van der Waals surface area contributed by atoms with Crippen molar-refractivity contribution in [1.82, 2.24) is 14.9 Å². The number of hydrogen-bond donors (Lipinski definition) is 1. The zero-order chi connectivity index (χ0) is 32.8. The van der Waals surface area contributed by atoms with Crippen LogP contribution >= 0.6 is 0 Å². The van der Waals surface area contributed by atoms with Crippen LogP contribution in [0, 0.1) is 0 Å². The maximum absolute atomic E-state index is 12.9. The quantitative estimate of drug-likeness (QED) is 0.249. The monoisotopic (exact) mass is 649 g/mol. The number of alkyl carbamates (subject to hydrolysis) is 1. The summed E-state index contributed by atoms with van der Waals surface area (Å²) in [4.78, 5) is 28.4. The number of hydrogen-bond acceptors (Lipinski definition) is 6. The summed E-state index contributed by atoms with van der Waals surface area (Å²) in [6, 6.07) is 28.5. The van der Waals surface area contributed by atoms with Crippen LogP contribution in [0.4, 0.5) is 4.79 Å². The maximum atomic E-state index is 12.9. The van der Waals surface area contributed by atoms with Crippen molar-refractivity contribution in [3.8, 4) is 11.3 Å². The van der Waals surface area contributed by atoms with Crippen LogP contribution in [0.3, 0.4) is 0 Å². The van der Waals surface area contributed by atoms with Gasteiger partial charge in [-0.25, -0.2) is 9.78 Å². The fourth-order valence-electron chi connectivity index (χ4n) is 5.71. The predicted octanol–water partition coefficient (Wildman–Crippen LogP) is 1.86. The van der Waals surface area contributed by atoms with Gasteiger partial charge >= 0.3 is 35.7 Å². The van der Waals surface area contributed by atoms with Gasteiger partial charge in [0.1, 0.15) is 11.6 Å². The number of carboxylic acids is 1. The number of aromatic nitrogens is 2. The Hall–Kier alpha value is -3.21. The predicted molar refractivity (Wildman–Crippen MR) is 178 cm³/mol. The van der Waals surface area contributed by atoms with Crippen molar-refractivity contribution in [2.24, 2.45) is 7.05 Å². The molecule has 0 unspecified atom stereocenters. The standard InChI is InChI=1S/C36H45N3O5Si.Na/c1-35(2,3)44-34(42)37-28(24-26-18-20-27(21-19-26)31-25-39(7)32(38-31)33(40)41)22-23-43-45(36(4,5)6,29-14-10-8-11-15-29)30-16-12-9-13-17-30;/h8-21,25,28H,22-24H2,1-7H3,(H,37,42)(H,40,41);/q;+1/p-1/t28-;/m1./s1. The van der Waals surface area contributed by atoms with Gasteiger partial charge in [-0.2, -0.15) is 0 Å². The number of imidazole rings is 1. The number of benzene rings is 3. The van der Waals surface area contributed by atoms with Crippen LogP contribution in [0.2, 0.25) is 5.04 Å². The second-order valence-electron chi connectivity index (χ2n) is 13.4. The van der Waals surface area contributed by atoms with E-state index < -0.39 is 26.0 Å². The van der Waals surface area contributed by atoms with Crippen molar-refractivity contribution >= 4 is 30.8 Å². The second-order valence-corrected chi connectivity index (χ2v) is 17.7. The molecular weight excluding hydrogens is 605 g/mol. The van der Waals surface area contributed by atoms with E-state index in [4.69, 9.17) is 9.16 Å². The van der Waals surface area contributed by atoms with E-state index in [9.17, 15) is 14.7 Å². The second kappa shape index (κ2) is 15.6. The smallest absolute Gasteiger partial charge is 0.542 e. The first-order chi connectivity index (χ1) is 21.2. The van der Waals surface area contributed by atoms with Crippen molar-refractivity contribution in [1.29, 1.82) is 0 Å². The van der Waals surface area contributed by atoms with Gasteiger partial charge in [0.05, 0.1) is 5.69 Å². The molecule has 46 heavy (non-hydrogen) atoms. The summed E-state index contributed by atoms with van der Waals surface area (Å²) in [5.74, 6) is -1.45. The van der Waals surface area contributed by atoms with Crippen molar-refractivity contribution in [3.05, 3.63) is 103 Å². The molecule has 0 saturated heterocycles. The van der Waals surface area contributed by atoms with Crippen molar-refractivity contribution in [3.63, 3.8) is 0 Å². The van der Waals surface area contributed by atoms with E-state index >= 15 is 0 Å². The van der Waals surface area contributed by atoms with Gasteiger partial charge in [-0.3, -0.25) is 0 Å². The van der Waals surface area contributed by atoms with Crippen molar-refractivity contribution in [2.75, 3.05) is 6.61 Å². The molecule has 1 atom stereocenters. The molecule has 0 fully saturated rings. The molecular formula is C36H44N3NaO5Si. The number of aromatic carboxylic acids is 1. The Morgan fingerprint density at radius 3 is 1.89 bits per heavy atom. The molecule has 10 heteroatoms. The first kappa shape index (κ1) is 37.2. The Morgan fingerprint density at radius 2 is 1.43 bits per heavy atom. The molecule has 4 rings (SSSR count). The Labute approximate surface area is 296 Å². The molecule has 1 heterocycles. The van der Waals surface area contributed by atoms with Crippen LogP contribution in [0.5, 0.6) is 0 Å². The zero-order valence-corrected chi connectivity index (χ0v) is 31.3. The van der Waals surface area contributed by atoms with Crippen LogP contribution in [0.15, 0.2) is 91.1 Å². The van der Waals surface area contributed by atoms with Crippen LogP contribution in [0.1, 0.15) is 64.1 Å². The van der Waals surface area contributed by atoms with Gasteiger partial charge in [-0.1, -0.05) is 106 Å². The summed E-state index contributed by atoms with van der Waals surface area (Å²) in [6.07, 6.45) is 2.31. The first-order valence-corrected chi connectivity index (χ1v) is 17.2. The van der Waals surface area contributed by atoms with Crippen molar-refractivity contribution in [2.45, 2.75) is 71.1 Å². The van der Waals surface area contributed by atoms with E-state index in [2.05, 4.69) is 79.6 Å². The molecule has 1 amide bonds. The van der Waals surface area contributed by atoms with Crippen LogP contribution in [-0.4, -0.2) is 48.2 Å². The number of carbonyl (C=O) groups excluding carboxylic acids is 2. The van der Waals surface area contributed by atoms with E-state index in [0.717, 1.165) is 11.1 Å².